The number of aromatic amines is 1. The summed E-state index contributed by atoms with van der Waals surface area (Å²) in [7, 11) is 1.68. The van der Waals surface area contributed by atoms with Crippen molar-refractivity contribution in [2.75, 3.05) is 40.1 Å². The average molecular weight is 526 g/mol. The number of benzene rings is 3. The second-order valence-electron chi connectivity index (χ2n) is 10.3. The molecule has 202 valence electrons. The standard InChI is InChI=1S/C32H35N3O4/c1-3-23-6-5-9-26-28(19-33-32(23)26)27(24-7-4-8-25(17-24)37-2)18-31(36)35-14-12-34(13-15-35)20-22-10-11-29-30(16-22)39-21-38-29/h4-11,16-17,19,27,33H,3,12-15,18,20-21H2,1-2H3/t27-/m1/s1. The van der Waals surface area contributed by atoms with Gasteiger partial charge in [-0.1, -0.05) is 43.3 Å². The molecule has 39 heavy (non-hydrogen) atoms. The molecule has 2 aliphatic heterocycles. The van der Waals surface area contributed by atoms with Crippen molar-refractivity contribution >= 4 is 16.8 Å². The van der Waals surface area contributed by atoms with E-state index in [1.807, 2.05) is 23.1 Å². The van der Waals surface area contributed by atoms with E-state index >= 15 is 0 Å². The smallest absolute Gasteiger partial charge is 0.231 e. The van der Waals surface area contributed by atoms with Crippen LogP contribution in [0.2, 0.25) is 0 Å². The first-order chi connectivity index (χ1) is 19.1. The molecule has 3 heterocycles. The molecule has 1 amide bonds. The van der Waals surface area contributed by atoms with Gasteiger partial charge in [0.1, 0.15) is 5.75 Å². The second kappa shape index (κ2) is 11.0. The van der Waals surface area contributed by atoms with Crippen LogP contribution in [-0.2, 0) is 17.8 Å². The average Bonchev–Trinajstić information content (AvgIpc) is 3.63. The molecule has 7 nitrogen and oxygen atoms in total. The number of hydrogen-bond acceptors (Lipinski definition) is 5. The first-order valence-electron chi connectivity index (χ1n) is 13.7. The summed E-state index contributed by atoms with van der Waals surface area (Å²) >= 11 is 0. The van der Waals surface area contributed by atoms with Gasteiger partial charge in [0.15, 0.2) is 11.5 Å². The van der Waals surface area contributed by atoms with Gasteiger partial charge in [0.25, 0.3) is 0 Å². The maximum absolute atomic E-state index is 13.7. The summed E-state index contributed by atoms with van der Waals surface area (Å²) in [6.45, 7) is 6.43. The van der Waals surface area contributed by atoms with Crippen LogP contribution in [0.15, 0.2) is 66.9 Å². The lowest BCUT2D eigenvalue weighted by Crippen LogP contribution is -2.48. The van der Waals surface area contributed by atoms with E-state index in [0.717, 1.165) is 73.0 Å². The van der Waals surface area contributed by atoms with E-state index in [1.165, 1.54) is 16.5 Å². The van der Waals surface area contributed by atoms with Crippen LogP contribution in [-0.4, -0.2) is 60.8 Å². The van der Waals surface area contributed by atoms with Crippen molar-refractivity contribution in [1.29, 1.82) is 0 Å². The van der Waals surface area contributed by atoms with Crippen molar-refractivity contribution in [2.45, 2.75) is 32.2 Å². The number of carbonyl (C=O) groups is 1. The molecular weight excluding hydrogens is 490 g/mol. The molecule has 1 aromatic heterocycles. The van der Waals surface area contributed by atoms with Crippen molar-refractivity contribution in [2.24, 2.45) is 0 Å². The summed E-state index contributed by atoms with van der Waals surface area (Å²) in [6, 6.07) is 20.7. The summed E-state index contributed by atoms with van der Waals surface area (Å²) in [5.74, 6) is 2.54. The van der Waals surface area contributed by atoms with E-state index in [2.05, 4.69) is 65.5 Å². The van der Waals surface area contributed by atoms with Crippen LogP contribution in [0.4, 0.5) is 0 Å². The van der Waals surface area contributed by atoms with E-state index in [4.69, 9.17) is 14.2 Å². The zero-order valence-electron chi connectivity index (χ0n) is 22.6. The van der Waals surface area contributed by atoms with Gasteiger partial charge in [-0.25, -0.2) is 0 Å². The maximum Gasteiger partial charge on any atom is 0.231 e. The molecule has 0 bridgehead atoms. The van der Waals surface area contributed by atoms with Crippen LogP contribution in [0.1, 0.15) is 41.5 Å². The Morgan fingerprint density at radius 2 is 1.82 bits per heavy atom. The highest BCUT2D eigenvalue weighted by atomic mass is 16.7. The van der Waals surface area contributed by atoms with Gasteiger partial charge in [0.05, 0.1) is 7.11 Å². The molecular formula is C32H35N3O4. The third-order valence-electron chi connectivity index (χ3n) is 8.03. The summed E-state index contributed by atoms with van der Waals surface area (Å²) in [5, 5.41) is 1.18. The lowest BCUT2D eigenvalue weighted by atomic mass is 9.87. The highest BCUT2D eigenvalue weighted by Crippen LogP contribution is 2.36. The van der Waals surface area contributed by atoms with Crippen LogP contribution in [0, 0.1) is 0 Å². The molecule has 0 aliphatic carbocycles. The first kappa shape index (κ1) is 25.3. The fourth-order valence-electron chi connectivity index (χ4n) is 5.84. The van der Waals surface area contributed by atoms with Crippen molar-refractivity contribution < 1.29 is 19.0 Å². The summed E-state index contributed by atoms with van der Waals surface area (Å²) in [4.78, 5) is 21.6. The Balaban J connectivity index is 1.18. The number of amides is 1. The van der Waals surface area contributed by atoms with Gasteiger partial charge in [-0.15, -0.1) is 0 Å². The number of rotatable bonds is 8. The summed E-state index contributed by atoms with van der Waals surface area (Å²) in [5.41, 5.74) is 5.89. The molecule has 0 radical (unpaired) electrons. The van der Waals surface area contributed by atoms with E-state index in [1.54, 1.807) is 7.11 Å². The molecule has 7 heteroatoms. The maximum atomic E-state index is 13.7. The number of hydrogen-bond donors (Lipinski definition) is 1. The molecule has 1 fully saturated rings. The van der Waals surface area contributed by atoms with E-state index < -0.39 is 0 Å². The Morgan fingerprint density at radius 3 is 2.64 bits per heavy atom. The molecule has 1 saturated heterocycles. The molecule has 0 unspecified atom stereocenters. The predicted molar refractivity (Wildman–Crippen MR) is 152 cm³/mol. The van der Waals surface area contributed by atoms with Crippen LogP contribution in [0.25, 0.3) is 10.9 Å². The number of aromatic nitrogens is 1. The predicted octanol–water partition coefficient (Wildman–Crippen LogP) is 5.33. The van der Waals surface area contributed by atoms with Crippen molar-refractivity contribution in [3.05, 3.63) is 89.1 Å². The van der Waals surface area contributed by atoms with E-state index in [0.29, 0.717) is 6.42 Å². The Morgan fingerprint density at radius 1 is 1.00 bits per heavy atom. The number of carbonyl (C=O) groups excluding carboxylic acids is 1. The van der Waals surface area contributed by atoms with Gasteiger partial charge < -0.3 is 24.1 Å². The Hall–Kier alpha value is -3.97. The molecule has 3 aromatic carbocycles. The monoisotopic (exact) mass is 525 g/mol. The number of H-pyrrole nitrogens is 1. The van der Waals surface area contributed by atoms with Gasteiger partial charge in [-0.05, 0) is 52.9 Å². The summed E-state index contributed by atoms with van der Waals surface area (Å²) in [6.07, 6.45) is 3.46. The highest BCUT2D eigenvalue weighted by molar-refractivity contribution is 5.88. The normalized spacial score (nSPS) is 16.0. The Kier molecular flexibility index (Phi) is 7.16. The fourth-order valence-corrected chi connectivity index (χ4v) is 5.84. The number of nitrogens with one attached hydrogen (secondary N) is 1. The lowest BCUT2D eigenvalue weighted by Gasteiger charge is -2.35. The summed E-state index contributed by atoms with van der Waals surface area (Å²) < 4.78 is 16.5. The highest BCUT2D eigenvalue weighted by Gasteiger charge is 2.27. The first-order valence-corrected chi connectivity index (χ1v) is 13.7. The topological polar surface area (TPSA) is 67.0 Å². The molecule has 0 spiro atoms. The van der Waals surface area contributed by atoms with Crippen molar-refractivity contribution in [3.8, 4) is 17.2 Å². The number of fused-ring (bicyclic) bond motifs is 2. The molecule has 1 atom stereocenters. The molecule has 4 aromatic rings. The van der Waals surface area contributed by atoms with Gasteiger partial charge in [-0.3, -0.25) is 9.69 Å². The molecule has 0 saturated carbocycles. The number of ether oxygens (including phenoxy) is 3. The number of nitrogens with zero attached hydrogens (tertiary/aromatic N) is 2. The van der Waals surface area contributed by atoms with Gasteiger partial charge in [-0.2, -0.15) is 0 Å². The van der Waals surface area contributed by atoms with Gasteiger partial charge in [0, 0.05) is 62.2 Å². The van der Waals surface area contributed by atoms with Crippen LogP contribution in [0.5, 0.6) is 17.2 Å². The number of aryl methyl sites for hydroxylation is 1. The third kappa shape index (κ3) is 5.19. The lowest BCUT2D eigenvalue weighted by molar-refractivity contribution is -0.133. The minimum atomic E-state index is -0.0693. The number of piperazine rings is 1. The zero-order valence-corrected chi connectivity index (χ0v) is 22.6. The Bertz CT molecular complexity index is 1470. The SMILES string of the molecule is CCc1cccc2c([C@H](CC(=O)N3CCN(Cc4ccc5c(c4)OCO5)CC3)c3cccc(OC)c3)c[nH]c12. The third-order valence-corrected chi connectivity index (χ3v) is 8.03. The Labute approximate surface area is 229 Å². The second-order valence-corrected chi connectivity index (χ2v) is 10.3. The fraction of sp³-hybridized carbons (Fsp3) is 0.344. The van der Waals surface area contributed by atoms with Gasteiger partial charge in [0.2, 0.25) is 12.7 Å². The minimum Gasteiger partial charge on any atom is -0.497 e. The van der Waals surface area contributed by atoms with E-state index in [-0.39, 0.29) is 18.6 Å². The molecule has 2 aliphatic rings. The molecule has 6 rings (SSSR count). The number of para-hydroxylation sites is 1. The van der Waals surface area contributed by atoms with Crippen molar-refractivity contribution in [1.82, 2.24) is 14.8 Å². The van der Waals surface area contributed by atoms with E-state index in [9.17, 15) is 4.79 Å². The van der Waals surface area contributed by atoms with Crippen LogP contribution >= 0.6 is 0 Å². The van der Waals surface area contributed by atoms with Gasteiger partial charge >= 0.3 is 0 Å². The van der Waals surface area contributed by atoms with Crippen LogP contribution in [0.3, 0.4) is 0 Å². The van der Waals surface area contributed by atoms with Crippen LogP contribution < -0.4 is 14.2 Å². The molecule has 1 N–H and O–H groups in total. The van der Waals surface area contributed by atoms with Crippen molar-refractivity contribution in [3.63, 3.8) is 0 Å². The minimum absolute atomic E-state index is 0.0693. The largest absolute Gasteiger partial charge is 0.497 e. The number of methoxy groups -OCH3 is 1. The zero-order chi connectivity index (χ0) is 26.8. The quantitative estimate of drug-likeness (QED) is 0.337.